The van der Waals surface area contributed by atoms with Crippen LogP contribution in [0.1, 0.15) is 44.0 Å². The second-order valence-corrected chi connectivity index (χ2v) is 9.63. The van der Waals surface area contributed by atoms with Crippen molar-refractivity contribution >= 4 is 29.0 Å². The maximum Gasteiger partial charge on any atom is 0.162 e. The Morgan fingerprint density at radius 1 is 1.22 bits per heavy atom. The Balaban J connectivity index is 1.48. The highest BCUT2D eigenvalue weighted by Gasteiger charge is 2.29. The molecule has 0 spiro atoms. The average molecular weight is 482 g/mol. The molecule has 5 rings (SSSR count). The zero-order valence-electron chi connectivity index (χ0n) is 21.2. The van der Waals surface area contributed by atoms with E-state index in [-0.39, 0.29) is 0 Å². The lowest BCUT2D eigenvalue weighted by Crippen LogP contribution is -2.44. The zero-order valence-corrected chi connectivity index (χ0v) is 21.2. The van der Waals surface area contributed by atoms with E-state index in [1.165, 1.54) is 24.0 Å². The Morgan fingerprint density at radius 2 is 2.06 bits per heavy atom. The van der Waals surface area contributed by atoms with E-state index in [9.17, 15) is 0 Å². The van der Waals surface area contributed by atoms with Crippen LogP contribution in [0.15, 0.2) is 71.3 Å². The second-order valence-electron chi connectivity index (χ2n) is 9.63. The summed E-state index contributed by atoms with van der Waals surface area (Å²) in [5.41, 5.74) is 4.31. The van der Waals surface area contributed by atoms with Crippen LogP contribution in [0.3, 0.4) is 0 Å². The largest absolute Gasteiger partial charge is 0.366 e. The molecule has 2 fully saturated rings. The summed E-state index contributed by atoms with van der Waals surface area (Å²) in [5, 5.41) is 8.04. The number of nitrogens with one attached hydrogen (secondary N) is 2. The van der Waals surface area contributed by atoms with E-state index in [0.29, 0.717) is 30.0 Å². The van der Waals surface area contributed by atoms with E-state index in [2.05, 4.69) is 69.5 Å². The fraction of sp³-hybridized carbons (Fsp3) is 0.379. The van der Waals surface area contributed by atoms with Gasteiger partial charge in [0.25, 0.3) is 0 Å². The number of piperazine rings is 1. The van der Waals surface area contributed by atoms with Gasteiger partial charge in [-0.3, -0.25) is 4.98 Å². The first-order valence-corrected chi connectivity index (χ1v) is 12.9. The smallest absolute Gasteiger partial charge is 0.162 e. The lowest BCUT2D eigenvalue weighted by atomic mass is 10.1. The molecule has 2 N–H and O–H groups in total. The average Bonchev–Trinajstić information content (AvgIpc) is 3.77. The van der Waals surface area contributed by atoms with Gasteiger partial charge in [-0.25, -0.2) is 15.0 Å². The van der Waals surface area contributed by atoms with Crippen LogP contribution < -0.4 is 15.5 Å². The Kier molecular flexibility index (Phi) is 7.37. The number of hydrogen-bond acceptors (Lipinski definition) is 7. The molecule has 0 amide bonds. The summed E-state index contributed by atoms with van der Waals surface area (Å²) in [6, 6.07) is 0. The minimum absolute atomic E-state index is 0.399. The molecule has 2 aromatic rings. The minimum Gasteiger partial charge on any atom is -0.366 e. The molecule has 0 bridgehead atoms. The normalized spacial score (nSPS) is 20.9. The number of fused-ring (bicyclic) bond motifs is 1. The highest BCUT2D eigenvalue weighted by molar-refractivity contribution is 5.94. The van der Waals surface area contributed by atoms with Crippen molar-refractivity contribution in [3.05, 3.63) is 77.7 Å². The van der Waals surface area contributed by atoms with Gasteiger partial charge in [0.05, 0.1) is 11.7 Å². The molecular formula is C29H35N7. The quantitative estimate of drug-likeness (QED) is 0.426. The van der Waals surface area contributed by atoms with Crippen LogP contribution in [0.4, 0.5) is 5.82 Å². The van der Waals surface area contributed by atoms with Crippen LogP contribution in [0.5, 0.6) is 0 Å². The van der Waals surface area contributed by atoms with Gasteiger partial charge in [-0.2, -0.15) is 0 Å². The molecule has 7 heteroatoms. The number of allylic oxidation sites excluding steroid dienone is 7. The Morgan fingerprint density at radius 3 is 2.81 bits per heavy atom. The number of anilines is 1. The number of aromatic nitrogens is 3. The molecule has 1 saturated heterocycles. The van der Waals surface area contributed by atoms with Crippen LogP contribution in [0.25, 0.3) is 16.5 Å². The molecule has 2 aliphatic carbocycles. The Bertz CT molecular complexity index is 1270. The van der Waals surface area contributed by atoms with Crippen LogP contribution in [0.2, 0.25) is 0 Å². The highest BCUT2D eigenvalue weighted by atomic mass is 15.2. The van der Waals surface area contributed by atoms with Crippen LogP contribution in [-0.2, 0) is 0 Å². The van der Waals surface area contributed by atoms with Gasteiger partial charge in [-0.05, 0) is 55.5 Å². The molecule has 3 aliphatic rings. The van der Waals surface area contributed by atoms with E-state index < -0.39 is 0 Å². The molecule has 186 valence electrons. The molecule has 36 heavy (non-hydrogen) atoms. The summed E-state index contributed by atoms with van der Waals surface area (Å²) in [5.74, 6) is 3.37. The van der Waals surface area contributed by atoms with E-state index in [1.54, 1.807) is 0 Å². The van der Waals surface area contributed by atoms with E-state index in [0.717, 1.165) is 48.5 Å². The van der Waals surface area contributed by atoms with Gasteiger partial charge in [-0.15, -0.1) is 0 Å². The number of nitrogens with zero attached hydrogens (tertiary/aromatic N) is 5. The first-order chi connectivity index (χ1) is 17.7. The fourth-order valence-corrected chi connectivity index (χ4v) is 4.78. The molecular weight excluding hydrogens is 446 g/mol. The van der Waals surface area contributed by atoms with Crippen molar-refractivity contribution in [1.29, 1.82) is 0 Å². The van der Waals surface area contributed by atoms with Crippen molar-refractivity contribution in [3.63, 3.8) is 0 Å². The molecule has 1 aliphatic heterocycles. The molecule has 1 saturated carbocycles. The van der Waals surface area contributed by atoms with Crippen molar-refractivity contribution in [2.24, 2.45) is 10.9 Å². The van der Waals surface area contributed by atoms with Crippen molar-refractivity contribution in [2.75, 3.05) is 37.6 Å². The number of aliphatic imine (C=N–C) groups is 1. The first kappa shape index (κ1) is 24.1. The van der Waals surface area contributed by atoms with Crippen molar-refractivity contribution in [2.45, 2.75) is 32.6 Å². The lowest BCUT2D eigenvalue weighted by Gasteiger charge is -2.30. The van der Waals surface area contributed by atoms with Gasteiger partial charge in [0.1, 0.15) is 11.6 Å². The first-order valence-electron chi connectivity index (χ1n) is 12.9. The van der Waals surface area contributed by atoms with E-state index in [1.807, 2.05) is 31.5 Å². The molecule has 1 atom stereocenters. The van der Waals surface area contributed by atoms with Gasteiger partial charge in [0.15, 0.2) is 5.82 Å². The summed E-state index contributed by atoms with van der Waals surface area (Å²) >= 11 is 0. The SMILES string of the molecule is C=N/C(=C\C(=C/C)c1nc(N2CCNCC2)c2c(C3CC3)cncc2n1)NCC1=CC(C)C=CC=C1. The highest BCUT2D eigenvalue weighted by Crippen LogP contribution is 2.44. The third-order valence-electron chi connectivity index (χ3n) is 6.87. The van der Waals surface area contributed by atoms with Crippen LogP contribution in [0, 0.1) is 5.92 Å². The topological polar surface area (TPSA) is 78.3 Å². The molecule has 3 heterocycles. The third-order valence-corrected chi connectivity index (χ3v) is 6.87. The summed E-state index contributed by atoms with van der Waals surface area (Å²) in [6.45, 7) is 12.4. The summed E-state index contributed by atoms with van der Waals surface area (Å²) in [4.78, 5) is 21.3. The number of pyridine rings is 1. The molecule has 2 aromatic heterocycles. The fourth-order valence-electron chi connectivity index (χ4n) is 4.78. The molecule has 1 unspecified atom stereocenters. The van der Waals surface area contributed by atoms with Crippen LogP contribution in [-0.4, -0.2) is 54.4 Å². The van der Waals surface area contributed by atoms with Gasteiger partial charge in [-0.1, -0.05) is 43.4 Å². The van der Waals surface area contributed by atoms with E-state index >= 15 is 0 Å². The van der Waals surface area contributed by atoms with Gasteiger partial charge >= 0.3 is 0 Å². The van der Waals surface area contributed by atoms with Crippen molar-refractivity contribution in [1.82, 2.24) is 25.6 Å². The Labute approximate surface area is 213 Å². The predicted octanol–water partition coefficient (Wildman–Crippen LogP) is 4.54. The summed E-state index contributed by atoms with van der Waals surface area (Å²) < 4.78 is 0. The lowest BCUT2D eigenvalue weighted by molar-refractivity contribution is 0.585. The van der Waals surface area contributed by atoms with Gasteiger partial charge in [0, 0.05) is 49.9 Å². The maximum atomic E-state index is 5.15. The zero-order chi connectivity index (χ0) is 24.9. The molecule has 7 nitrogen and oxygen atoms in total. The number of rotatable bonds is 8. The van der Waals surface area contributed by atoms with Crippen molar-refractivity contribution < 1.29 is 0 Å². The Hall–Kier alpha value is -3.58. The summed E-state index contributed by atoms with van der Waals surface area (Å²) in [7, 11) is 0. The monoisotopic (exact) mass is 481 g/mol. The van der Waals surface area contributed by atoms with Gasteiger partial charge in [0.2, 0.25) is 0 Å². The van der Waals surface area contributed by atoms with Crippen LogP contribution >= 0.6 is 0 Å². The number of hydrogen-bond donors (Lipinski definition) is 2. The third kappa shape index (κ3) is 5.46. The van der Waals surface area contributed by atoms with Gasteiger partial charge < -0.3 is 15.5 Å². The maximum absolute atomic E-state index is 5.15. The second kappa shape index (κ2) is 11.0. The van der Waals surface area contributed by atoms with Crippen molar-refractivity contribution in [3.8, 4) is 0 Å². The van der Waals surface area contributed by atoms with E-state index in [4.69, 9.17) is 9.97 Å². The molecule has 0 radical (unpaired) electrons. The molecule has 0 aromatic carbocycles. The summed E-state index contributed by atoms with van der Waals surface area (Å²) in [6.07, 6.45) is 21.1. The minimum atomic E-state index is 0.399. The predicted molar refractivity (Wildman–Crippen MR) is 149 cm³/mol. The standard InChI is InChI=1S/C29H35N7/c1-4-22(16-26(30-3)33-17-21-8-6-5-7-20(2)15-21)28-34-25-19-32-18-24(23-9-10-23)27(25)29(35-28)36-13-11-31-12-14-36/h4-8,15-16,18-20,23,31,33H,3,9-14,17H2,1-2H3/b22-4+,26-16+.